The third-order valence-electron chi connectivity index (χ3n) is 2.09. The summed E-state index contributed by atoms with van der Waals surface area (Å²) in [6.45, 7) is 1.67. The number of nitro groups is 1. The maximum absolute atomic E-state index is 11.4. The number of nitrogens with one attached hydrogen (secondary N) is 1. The average Bonchev–Trinajstić information content (AvgIpc) is 2.22. The number of carbonyl (C=O) groups excluding carboxylic acids is 1. The zero-order chi connectivity index (χ0) is 13.0. The summed E-state index contributed by atoms with van der Waals surface area (Å²) in [5.41, 5.74) is 0.929. The lowest BCUT2D eigenvalue weighted by atomic mass is 10.1. The molecular formula is C10H10BrClN2O3. The fourth-order valence-corrected chi connectivity index (χ4v) is 1.83. The minimum Gasteiger partial charge on any atom is -0.326 e. The molecule has 0 aromatic heterocycles. The molecule has 0 heterocycles. The summed E-state index contributed by atoms with van der Waals surface area (Å²) in [7, 11) is 0. The van der Waals surface area contributed by atoms with E-state index in [1.165, 1.54) is 12.1 Å². The first-order valence-corrected chi connectivity index (χ1v) is 6.26. The maximum Gasteiger partial charge on any atom is 0.288 e. The predicted octanol–water partition coefficient (Wildman–Crippen LogP) is 3.28. The van der Waals surface area contributed by atoms with Gasteiger partial charge in [0.15, 0.2) is 0 Å². The van der Waals surface area contributed by atoms with Gasteiger partial charge in [0.05, 0.1) is 4.92 Å². The molecule has 0 aliphatic carbocycles. The minimum atomic E-state index is -0.556. The number of hydrogen-bond acceptors (Lipinski definition) is 3. The van der Waals surface area contributed by atoms with Crippen molar-refractivity contribution in [3.05, 3.63) is 32.8 Å². The topological polar surface area (TPSA) is 72.2 Å². The van der Waals surface area contributed by atoms with Crippen LogP contribution in [0.25, 0.3) is 0 Å². The molecule has 0 aliphatic heterocycles. The number of carbonyl (C=O) groups is 1. The van der Waals surface area contributed by atoms with E-state index in [0.717, 1.165) is 0 Å². The van der Waals surface area contributed by atoms with E-state index in [1.54, 1.807) is 6.92 Å². The first kappa shape index (κ1) is 13.9. The zero-order valence-corrected chi connectivity index (χ0v) is 11.3. The van der Waals surface area contributed by atoms with E-state index in [0.29, 0.717) is 23.0 Å². The van der Waals surface area contributed by atoms with E-state index in [-0.39, 0.29) is 16.6 Å². The van der Waals surface area contributed by atoms with Crippen LogP contribution in [0, 0.1) is 17.0 Å². The molecule has 0 bridgehead atoms. The SMILES string of the molecule is Cc1cc([N+](=O)[O-])c(Cl)cc1NC(=O)CCBr. The highest BCUT2D eigenvalue weighted by Crippen LogP contribution is 2.30. The van der Waals surface area contributed by atoms with Crippen LogP contribution in [0.15, 0.2) is 12.1 Å². The van der Waals surface area contributed by atoms with Crippen LogP contribution in [0.4, 0.5) is 11.4 Å². The number of benzene rings is 1. The van der Waals surface area contributed by atoms with Gasteiger partial charge in [-0.2, -0.15) is 0 Å². The van der Waals surface area contributed by atoms with Crippen molar-refractivity contribution in [1.82, 2.24) is 0 Å². The second kappa shape index (κ2) is 5.97. The van der Waals surface area contributed by atoms with Crippen molar-refractivity contribution >= 4 is 44.8 Å². The maximum atomic E-state index is 11.4. The van der Waals surface area contributed by atoms with Gasteiger partial charge < -0.3 is 5.32 Å². The third-order valence-corrected chi connectivity index (χ3v) is 2.79. The summed E-state index contributed by atoms with van der Waals surface area (Å²) >= 11 is 8.91. The quantitative estimate of drug-likeness (QED) is 0.525. The molecule has 0 saturated heterocycles. The van der Waals surface area contributed by atoms with Crippen LogP contribution in [-0.2, 0) is 4.79 Å². The van der Waals surface area contributed by atoms with Crippen LogP contribution in [0.5, 0.6) is 0 Å². The molecule has 0 radical (unpaired) electrons. The van der Waals surface area contributed by atoms with Gasteiger partial charge in [-0.25, -0.2) is 0 Å². The normalized spacial score (nSPS) is 10.1. The van der Waals surface area contributed by atoms with E-state index < -0.39 is 4.92 Å². The number of nitrogens with zero attached hydrogens (tertiary/aromatic N) is 1. The molecule has 1 amide bonds. The Bertz CT molecular complexity index is 465. The zero-order valence-electron chi connectivity index (χ0n) is 9.00. The summed E-state index contributed by atoms with van der Waals surface area (Å²) in [4.78, 5) is 21.5. The van der Waals surface area contributed by atoms with E-state index >= 15 is 0 Å². The number of anilines is 1. The van der Waals surface area contributed by atoms with Crippen molar-refractivity contribution in [1.29, 1.82) is 0 Å². The Balaban J connectivity index is 2.99. The van der Waals surface area contributed by atoms with Gasteiger partial charge in [0, 0.05) is 23.5 Å². The largest absolute Gasteiger partial charge is 0.326 e. The van der Waals surface area contributed by atoms with Crippen LogP contribution in [-0.4, -0.2) is 16.2 Å². The molecule has 0 spiro atoms. The van der Waals surface area contributed by atoms with Crippen molar-refractivity contribution in [3.63, 3.8) is 0 Å². The fraction of sp³-hybridized carbons (Fsp3) is 0.300. The Kier molecular flexibility index (Phi) is 4.89. The van der Waals surface area contributed by atoms with Crippen molar-refractivity contribution in [2.45, 2.75) is 13.3 Å². The van der Waals surface area contributed by atoms with Gasteiger partial charge in [0.2, 0.25) is 5.91 Å². The van der Waals surface area contributed by atoms with Crippen LogP contribution in [0.1, 0.15) is 12.0 Å². The number of nitro benzene ring substituents is 1. The summed E-state index contributed by atoms with van der Waals surface area (Å²) in [5, 5.41) is 13.8. The number of amides is 1. The Morgan fingerprint density at radius 2 is 2.24 bits per heavy atom. The summed E-state index contributed by atoms with van der Waals surface area (Å²) in [6.07, 6.45) is 0.327. The Hall–Kier alpha value is -1.14. The van der Waals surface area contributed by atoms with E-state index in [4.69, 9.17) is 11.6 Å². The first-order valence-electron chi connectivity index (χ1n) is 4.76. The number of aryl methyl sites for hydroxylation is 1. The molecule has 0 saturated carbocycles. The molecule has 92 valence electrons. The second-order valence-electron chi connectivity index (χ2n) is 3.36. The number of halogens is 2. The lowest BCUT2D eigenvalue weighted by Gasteiger charge is -2.08. The Labute approximate surface area is 111 Å². The Morgan fingerprint density at radius 3 is 2.76 bits per heavy atom. The molecule has 0 unspecified atom stereocenters. The van der Waals surface area contributed by atoms with Gasteiger partial charge >= 0.3 is 0 Å². The summed E-state index contributed by atoms with van der Waals surface area (Å²) in [5.74, 6) is -0.171. The van der Waals surface area contributed by atoms with E-state index in [9.17, 15) is 14.9 Å². The number of hydrogen-bond donors (Lipinski definition) is 1. The smallest absolute Gasteiger partial charge is 0.288 e. The highest BCUT2D eigenvalue weighted by atomic mass is 79.9. The standard InChI is InChI=1S/C10H10BrClN2O3/c1-6-4-9(14(16)17)7(12)5-8(6)13-10(15)2-3-11/h4-5H,2-3H2,1H3,(H,13,15). The van der Waals surface area contributed by atoms with Crippen molar-refractivity contribution in [2.24, 2.45) is 0 Å². The van der Waals surface area contributed by atoms with E-state index in [2.05, 4.69) is 21.2 Å². The molecule has 1 aromatic rings. The van der Waals surface area contributed by atoms with Gasteiger partial charge in [0.25, 0.3) is 5.69 Å². The highest BCUT2D eigenvalue weighted by molar-refractivity contribution is 9.09. The van der Waals surface area contributed by atoms with Crippen molar-refractivity contribution in [2.75, 3.05) is 10.6 Å². The average molecular weight is 322 g/mol. The highest BCUT2D eigenvalue weighted by Gasteiger charge is 2.15. The predicted molar refractivity (Wildman–Crippen MR) is 69.9 cm³/mol. The molecule has 17 heavy (non-hydrogen) atoms. The monoisotopic (exact) mass is 320 g/mol. The molecule has 7 heteroatoms. The van der Waals surface area contributed by atoms with Gasteiger partial charge in [0.1, 0.15) is 5.02 Å². The lowest BCUT2D eigenvalue weighted by Crippen LogP contribution is -2.12. The van der Waals surface area contributed by atoms with E-state index in [1.807, 2.05) is 0 Å². The van der Waals surface area contributed by atoms with Crippen LogP contribution in [0.3, 0.4) is 0 Å². The third kappa shape index (κ3) is 3.67. The molecule has 1 N–H and O–H groups in total. The second-order valence-corrected chi connectivity index (χ2v) is 4.56. The van der Waals surface area contributed by atoms with Gasteiger partial charge in [-0.3, -0.25) is 14.9 Å². The molecule has 5 nitrogen and oxygen atoms in total. The fourth-order valence-electron chi connectivity index (χ4n) is 1.24. The Morgan fingerprint density at radius 1 is 1.59 bits per heavy atom. The van der Waals surface area contributed by atoms with Crippen LogP contribution < -0.4 is 5.32 Å². The molecule has 0 fully saturated rings. The van der Waals surface area contributed by atoms with Gasteiger partial charge in [-0.05, 0) is 18.6 Å². The minimum absolute atomic E-state index is 0.00902. The first-order chi connectivity index (χ1) is 7.95. The van der Waals surface area contributed by atoms with Gasteiger partial charge in [-0.1, -0.05) is 27.5 Å². The summed E-state index contributed by atoms with van der Waals surface area (Å²) in [6, 6.07) is 2.73. The molecule has 1 aromatic carbocycles. The molecule has 1 rings (SSSR count). The molecule has 0 aliphatic rings. The van der Waals surface area contributed by atoms with Crippen molar-refractivity contribution < 1.29 is 9.72 Å². The lowest BCUT2D eigenvalue weighted by molar-refractivity contribution is -0.384. The van der Waals surface area contributed by atoms with Gasteiger partial charge in [-0.15, -0.1) is 0 Å². The number of rotatable bonds is 4. The number of alkyl halides is 1. The van der Waals surface area contributed by atoms with Crippen LogP contribution in [0.2, 0.25) is 5.02 Å². The molecule has 0 atom stereocenters. The summed E-state index contributed by atoms with van der Waals surface area (Å²) < 4.78 is 0. The van der Waals surface area contributed by atoms with Crippen molar-refractivity contribution in [3.8, 4) is 0 Å². The van der Waals surface area contributed by atoms with Crippen LogP contribution >= 0.6 is 27.5 Å². The molecular weight excluding hydrogens is 311 g/mol.